The highest BCUT2D eigenvalue weighted by atomic mass is 16.4. The van der Waals surface area contributed by atoms with E-state index in [9.17, 15) is 24.6 Å². The molecular weight excluding hydrogens is 204 g/mol. The van der Waals surface area contributed by atoms with Gasteiger partial charge in [0.05, 0.1) is 5.97 Å². The Morgan fingerprint density at radius 1 is 1.27 bits per heavy atom. The van der Waals surface area contributed by atoms with E-state index in [1.807, 2.05) is 0 Å². The fourth-order valence-corrected chi connectivity index (χ4v) is 0.858. The van der Waals surface area contributed by atoms with Gasteiger partial charge < -0.3 is 24.2 Å². The van der Waals surface area contributed by atoms with Crippen molar-refractivity contribution in [2.75, 3.05) is 0 Å². The molecule has 1 rings (SSSR count). The molecule has 0 saturated heterocycles. The highest BCUT2D eigenvalue weighted by Gasteiger charge is 2.00. The summed E-state index contributed by atoms with van der Waals surface area (Å²) in [5, 5.41) is 20.4. The summed E-state index contributed by atoms with van der Waals surface area (Å²) >= 11 is 0. The van der Waals surface area contributed by atoms with Crippen LogP contribution in [-0.2, 0) is 4.79 Å². The van der Waals surface area contributed by atoms with Crippen LogP contribution < -0.4 is 15.8 Å². The van der Waals surface area contributed by atoms with Crippen LogP contribution in [0, 0.1) is 0 Å². The molecule has 15 heavy (non-hydrogen) atoms. The molecule has 6 heteroatoms. The molecule has 0 radical (unpaired) electrons. The number of carboxylic acids is 2. The van der Waals surface area contributed by atoms with Crippen LogP contribution in [0.1, 0.15) is 16.1 Å². The van der Waals surface area contributed by atoms with E-state index >= 15 is 0 Å². The first kappa shape index (κ1) is 10.7. The average molecular weight is 208 g/mol. The molecule has 0 aliphatic rings. The highest BCUT2D eigenvalue weighted by molar-refractivity contribution is 5.85. The number of aliphatic carboxylic acids is 1. The van der Waals surface area contributed by atoms with Crippen LogP contribution in [0.2, 0.25) is 0 Å². The first-order valence-corrected chi connectivity index (χ1v) is 3.74. The van der Waals surface area contributed by atoms with Crippen LogP contribution in [0.5, 0.6) is 0 Å². The van der Waals surface area contributed by atoms with E-state index < -0.39 is 23.3 Å². The highest BCUT2D eigenvalue weighted by Crippen LogP contribution is 2.02. The summed E-state index contributed by atoms with van der Waals surface area (Å²) in [5.41, 5.74) is -0.829. The molecule has 6 nitrogen and oxygen atoms in total. The zero-order valence-corrected chi connectivity index (χ0v) is 7.26. The summed E-state index contributed by atoms with van der Waals surface area (Å²) in [6.07, 6.45) is 1.67. The Hall–Kier alpha value is -2.37. The molecule has 0 aliphatic heterocycles. The first-order chi connectivity index (χ1) is 6.99. The van der Waals surface area contributed by atoms with E-state index in [0.29, 0.717) is 6.08 Å². The Morgan fingerprint density at radius 2 is 1.93 bits per heavy atom. The molecule has 0 saturated carbocycles. The minimum absolute atomic E-state index is 0.0784. The number of rotatable bonds is 3. The molecule has 1 aromatic rings. The number of carbonyl (C=O) groups excluding carboxylic acids is 2. The lowest BCUT2D eigenvalue weighted by atomic mass is 10.2. The van der Waals surface area contributed by atoms with Gasteiger partial charge in [-0.3, -0.25) is 0 Å². The molecule has 0 aliphatic carbocycles. The van der Waals surface area contributed by atoms with Gasteiger partial charge in [0.1, 0.15) is 5.97 Å². The van der Waals surface area contributed by atoms with Gasteiger partial charge in [0.2, 0.25) is 0 Å². The van der Waals surface area contributed by atoms with Gasteiger partial charge in [-0.2, -0.15) is 0 Å². The largest absolute Gasteiger partial charge is 0.545 e. The van der Waals surface area contributed by atoms with Crippen molar-refractivity contribution < 1.29 is 24.2 Å². The van der Waals surface area contributed by atoms with Gasteiger partial charge in [0.25, 0.3) is 0 Å². The number of aromatic carboxylic acids is 1. The molecule has 0 bridgehead atoms. The molecule has 0 fully saturated rings. The average Bonchev–Trinajstić information content (AvgIpc) is 2.13. The maximum Gasteiger partial charge on any atom is 0.336 e. The lowest BCUT2D eigenvalue weighted by molar-refractivity contribution is -0.297. The van der Waals surface area contributed by atoms with Crippen molar-refractivity contribution in [3.63, 3.8) is 0 Å². The number of carbonyl (C=O) groups is 2. The summed E-state index contributed by atoms with van der Waals surface area (Å²) < 4.78 is 4.27. The van der Waals surface area contributed by atoms with E-state index in [1.165, 1.54) is 0 Å². The topological polar surface area (TPSA) is 110 Å². The van der Waals surface area contributed by atoms with Crippen LogP contribution in [-0.4, -0.2) is 11.9 Å². The summed E-state index contributed by atoms with van der Waals surface area (Å²) in [5.74, 6) is -3.78. The fourth-order valence-electron chi connectivity index (χ4n) is 0.858. The molecule has 0 N–H and O–H groups in total. The zero-order valence-electron chi connectivity index (χ0n) is 7.26. The Labute approximate surface area is 83.1 Å². The quantitative estimate of drug-likeness (QED) is 0.519. The fraction of sp³-hybridized carbons (Fsp3) is 0. The van der Waals surface area contributed by atoms with E-state index in [1.54, 1.807) is 0 Å². The van der Waals surface area contributed by atoms with Crippen molar-refractivity contribution >= 4 is 18.0 Å². The van der Waals surface area contributed by atoms with Gasteiger partial charge in [-0.1, -0.05) is 6.08 Å². The standard InChI is InChI=1S/C9H6O6/c10-7(11)2-1-5-3-6(9(13)14)15-8(12)4-5/h1-4H,(H,10,11)(H,13,14)/p-2/b2-1+. The molecule has 0 amide bonds. The van der Waals surface area contributed by atoms with E-state index in [2.05, 4.69) is 4.42 Å². The molecular formula is C9H4O6-2. The summed E-state index contributed by atoms with van der Waals surface area (Å²) in [6, 6.07) is 1.90. The molecule has 0 spiro atoms. The monoisotopic (exact) mass is 208 g/mol. The predicted octanol–water partition coefficient (Wildman–Crippen LogP) is -2.23. The summed E-state index contributed by atoms with van der Waals surface area (Å²) in [7, 11) is 0. The van der Waals surface area contributed by atoms with Crippen molar-refractivity contribution in [2.45, 2.75) is 0 Å². The van der Waals surface area contributed by atoms with Gasteiger partial charge in [0.15, 0.2) is 5.76 Å². The third-order valence-electron chi connectivity index (χ3n) is 1.41. The minimum atomic E-state index is -1.66. The van der Waals surface area contributed by atoms with Crippen molar-refractivity contribution in [1.29, 1.82) is 0 Å². The van der Waals surface area contributed by atoms with Gasteiger partial charge in [0, 0.05) is 6.07 Å². The Morgan fingerprint density at radius 3 is 2.47 bits per heavy atom. The van der Waals surface area contributed by atoms with Gasteiger partial charge in [-0.25, -0.2) is 4.79 Å². The lowest BCUT2D eigenvalue weighted by Gasteiger charge is -2.00. The van der Waals surface area contributed by atoms with E-state index in [4.69, 9.17) is 0 Å². The van der Waals surface area contributed by atoms with Crippen molar-refractivity contribution in [3.05, 3.63) is 40.0 Å². The van der Waals surface area contributed by atoms with E-state index in [0.717, 1.165) is 18.2 Å². The van der Waals surface area contributed by atoms with Gasteiger partial charge in [-0.15, -0.1) is 0 Å². The molecule has 1 aromatic heterocycles. The number of hydrogen-bond donors (Lipinski definition) is 0. The maximum absolute atomic E-state index is 10.8. The predicted molar refractivity (Wildman–Crippen MR) is 43.3 cm³/mol. The summed E-state index contributed by atoms with van der Waals surface area (Å²) in [6.45, 7) is 0. The Kier molecular flexibility index (Phi) is 3.02. The van der Waals surface area contributed by atoms with Crippen LogP contribution in [0.25, 0.3) is 6.08 Å². The molecule has 0 atom stereocenters. The van der Waals surface area contributed by atoms with Crippen LogP contribution in [0.15, 0.2) is 27.4 Å². The van der Waals surface area contributed by atoms with Crippen molar-refractivity contribution in [1.82, 2.24) is 0 Å². The van der Waals surface area contributed by atoms with Crippen molar-refractivity contribution in [3.8, 4) is 0 Å². The maximum atomic E-state index is 10.8. The Bertz CT molecular complexity index is 482. The zero-order chi connectivity index (χ0) is 11.4. The lowest BCUT2D eigenvalue weighted by Crippen LogP contribution is -2.23. The number of hydrogen-bond acceptors (Lipinski definition) is 6. The third kappa shape index (κ3) is 3.11. The molecule has 78 valence electrons. The van der Waals surface area contributed by atoms with Crippen molar-refractivity contribution in [2.24, 2.45) is 0 Å². The van der Waals surface area contributed by atoms with E-state index in [-0.39, 0.29) is 5.56 Å². The molecule has 1 heterocycles. The molecule has 0 unspecified atom stereocenters. The summed E-state index contributed by atoms with van der Waals surface area (Å²) in [4.78, 5) is 31.2. The SMILES string of the molecule is O=C([O-])/C=C/c1cc(C(=O)[O-])oc(=O)c1. The van der Waals surface area contributed by atoms with Gasteiger partial charge in [-0.05, 0) is 17.7 Å². The van der Waals surface area contributed by atoms with Gasteiger partial charge >= 0.3 is 5.63 Å². The second kappa shape index (κ2) is 4.23. The first-order valence-electron chi connectivity index (χ1n) is 3.74. The third-order valence-corrected chi connectivity index (χ3v) is 1.41. The number of carboxylic acid groups (broad SMARTS) is 2. The normalized spacial score (nSPS) is 10.4. The minimum Gasteiger partial charge on any atom is -0.545 e. The smallest absolute Gasteiger partial charge is 0.336 e. The van der Waals surface area contributed by atoms with Crippen LogP contribution in [0.3, 0.4) is 0 Å². The van der Waals surface area contributed by atoms with Crippen LogP contribution >= 0.6 is 0 Å². The molecule has 0 aromatic carbocycles. The Balaban J connectivity index is 3.15. The second-order valence-electron chi connectivity index (χ2n) is 2.51. The van der Waals surface area contributed by atoms with Crippen LogP contribution in [0.4, 0.5) is 0 Å². The second-order valence-corrected chi connectivity index (χ2v) is 2.51.